The van der Waals surface area contributed by atoms with Gasteiger partial charge in [-0.25, -0.2) is 4.68 Å². The molecule has 0 aliphatic rings. The van der Waals surface area contributed by atoms with Crippen LogP contribution in [-0.2, 0) is 4.79 Å². The first kappa shape index (κ1) is 18.9. The number of amides is 1. The van der Waals surface area contributed by atoms with Gasteiger partial charge in [-0.3, -0.25) is 9.59 Å². The number of anilines is 1. The molecule has 1 unspecified atom stereocenters. The van der Waals surface area contributed by atoms with E-state index < -0.39 is 6.04 Å². The zero-order valence-electron chi connectivity index (χ0n) is 15.5. The lowest BCUT2D eigenvalue weighted by Crippen LogP contribution is -2.33. The number of hydrogen-bond acceptors (Lipinski definition) is 4. The Hall–Kier alpha value is -3.85. The predicted octanol–water partition coefficient (Wildman–Crippen LogP) is 3.10. The number of carbonyl (C=O) groups excluding carboxylic acids is 1. The number of hydrogen-bond donors (Lipinski definition) is 1. The molecule has 140 valence electrons. The Morgan fingerprint density at radius 3 is 2.71 bits per heavy atom. The van der Waals surface area contributed by atoms with Gasteiger partial charge in [-0.2, -0.15) is 5.10 Å². The number of ether oxygens (including phenoxy) is 1. The van der Waals surface area contributed by atoms with Gasteiger partial charge in [0.1, 0.15) is 11.8 Å². The van der Waals surface area contributed by atoms with E-state index in [9.17, 15) is 9.59 Å². The molecule has 0 aliphatic carbocycles. The van der Waals surface area contributed by atoms with Crippen LogP contribution in [0.25, 0.3) is 11.3 Å². The smallest absolute Gasteiger partial charge is 0.267 e. The fourth-order valence-corrected chi connectivity index (χ4v) is 2.68. The molecule has 0 aliphatic heterocycles. The summed E-state index contributed by atoms with van der Waals surface area (Å²) in [6.07, 6.45) is 5.39. The van der Waals surface area contributed by atoms with Crippen molar-refractivity contribution < 1.29 is 9.53 Å². The first-order chi connectivity index (χ1) is 13.5. The molecule has 0 spiro atoms. The van der Waals surface area contributed by atoms with Crippen molar-refractivity contribution in [3.63, 3.8) is 0 Å². The highest BCUT2D eigenvalue weighted by Crippen LogP contribution is 2.21. The van der Waals surface area contributed by atoms with Crippen molar-refractivity contribution in [2.45, 2.75) is 13.0 Å². The number of benzene rings is 2. The monoisotopic (exact) mass is 373 g/mol. The maximum atomic E-state index is 12.6. The molecule has 0 radical (unpaired) electrons. The maximum absolute atomic E-state index is 12.6. The van der Waals surface area contributed by atoms with Crippen LogP contribution < -0.4 is 15.6 Å². The van der Waals surface area contributed by atoms with Crippen LogP contribution in [0.3, 0.4) is 0 Å². The lowest BCUT2D eigenvalue weighted by molar-refractivity contribution is -0.119. The molecule has 0 fully saturated rings. The van der Waals surface area contributed by atoms with E-state index in [1.807, 2.05) is 24.3 Å². The van der Waals surface area contributed by atoms with E-state index in [1.165, 1.54) is 6.07 Å². The summed E-state index contributed by atoms with van der Waals surface area (Å²) in [5.74, 6) is 2.82. The van der Waals surface area contributed by atoms with Gasteiger partial charge in [-0.1, -0.05) is 24.1 Å². The van der Waals surface area contributed by atoms with Crippen molar-refractivity contribution in [1.29, 1.82) is 0 Å². The Balaban J connectivity index is 1.88. The minimum Gasteiger partial charge on any atom is -0.497 e. The fourth-order valence-electron chi connectivity index (χ4n) is 2.68. The summed E-state index contributed by atoms with van der Waals surface area (Å²) in [7, 11) is 1.58. The zero-order valence-corrected chi connectivity index (χ0v) is 15.5. The Kier molecular flexibility index (Phi) is 5.56. The van der Waals surface area contributed by atoms with Crippen molar-refractivity contribution in [2.75, 3.05) is 12.4 Å². The summed E-state index contributed by atoms with van der Waals surface area (Å²) in [4.78, 5) is 24.9. The molecular weight excluding hydrogens is 354 g/mol. The first-order valence-electron chi connectivity index (χ1n) is 8.63. The third-order valence-electron chi connectivity index (χ3n) is 4.23. The normalized spacial score (nSPS) is 11.3. The van der Waals surface area contributed by atoms with Gasteiger partial charge in [0.25, 0.3) is 5.56 Å². The topological polar surface area (TPSA) is 73.2 Å². The zero-order chi connectivity index (χ0) is 20.1. The van der Waals surface area contributed by atoms with E-state index in [0.29, 0.717) is 22.7 Å². The molecule has 0 bridgehead atoms. The van der Waals surface area contributed by atoms with Crippen molar-refractivity contribution in [3.8, 4) is 29.4 Å². The molecular formula is C22H19N3O3. The van der Waals surface area contributed by atoms with Crippen LogP contribution in [0.4, 0.5) is 5.69 Å². The molecule has 2 aromatic carbocycles. The second-order valence-electron chi connectivity index (χ2n) is 6.12. The molecule has 6 heteroatoms. The van der Waals surface area contributed by atoms with Gasteiger partial charge in [0, 0.05) is 22.9 Å². The third-order valence-corrected chi connectivity index (χ3v) is 4.23. The highest BCUT2D eigenvalue weighted by Gasteiger charge is 2.18. The highest BCUT2D eigenvalue weighted by molar-refractivity contribution is 5.93. The molecule has 28 heavy (non-hydrogen) atoms. The molecule has 3 rings (SSSR count). The molecule has 0 saturated carbocycles. The predicted molar refractivity (Wildman–Crippen MR) is 108 cm³/mol. The first-order valence-corrected chi connectivity index (χ1v) is 8.63. The number of terminal acetylenes is 1. The Morgan fingerprint density at radius 1 is 1.18 bits per heavy atom. The van der Waals surface area contributed by atoms with E-state index in [0.717, 1.165) is 10.2 Å². The summed E-state index contributed by atoms with van der Waals surface area (Å²) in [6.45, 7) is 1.62. The second-order valence-corrected chi connectivity index (χ2v) is 6.12. The SMILES string of the molecule is C#Cc1cccc(NC(=O)C(C)n2nc(-c3cccc(OC)c3)ccc2=O)c1. The van der Waals surface area contributed by atoms with Gasteiger partial charge in [0.2, 0.25) is 5.91 Å². The van der Waals surface area contributed by atoms with Crippen molar-refractivity contribution in [3.05, 3.63) is 76.6 Å². The molecule has 6 nitrogen and oxygen atoms in total. The molecule has 1 atom stereocenters. The average Bonchev–Trinajstić information content (AvgIpc) is 2.73. The second kappa shape index (κ2) is 8.23. The van der Waals surface area contributed by atoms with Crippen molar-refractivity contribution >= 4 is 11.6 Å². The van der Waals surface area contributed by atoms with E-state index in [2.05, 4.69) is 16.3 Å². The number of methoxy groups -OCH3 is 1. The summed E-state index contributed by atoms with van der Waals surface area (Å²) < 4.78 is 6.39. The van der Waals surface area contributed by atoms with Gasteiger partial charge in [-0.05, 0) is 43.3 Å². The van der Waals surface area contributed by atoms with E-state index in [-0.39, 0.29) is 11.5 Å². The summed E-state index contributed by atoms with van der Waals surface area (Å²) in [5, 5.41) is 7.14. The van der Waals surface area contributed by atoms with Crippen LogP contribution in [0.2, 0.25) is 0 Å². The highest BCUT2D eigenvalue weighted by atomic mass is 16.5. The summed E-state index contributed by atoms with van der Waals surface area (Å²) in [5.41, 5.74) is 2.19. The standard InChI is InChI=1S/C22H19N3O3/c1-4-16-7-5-9-18(13-16)23-22(27)15(2)25-21(26)12-11-20(24-25)17-8-6-10-19(14-17)28-3/h1,5-15H,2-3H3,(H,23,27). The lowest BCUT2D eigenvalue weighted by atomic mass is 10.1. The van der Waals surface area contributed by atoms with E-state index >= 15 is 0 Å². The summed E-state index contributed by atoms with van der Waals surface area (Å²) in [6, 6.07) is 16.5. The number of nitrogens with one attached hydrogen (secondary N) is 1. The molecule has 1 heterocycles. The Bertz CT molecular complexity index is 1110. The van der Waals surface area contributed by atoms with Crippen LogP contribution in [0.1, 0.15) is 18.5 Å². The Morgan fingerprint density at radius 2 is 1.96 bits per heavy atom. The van der Waals surface area contributed by atoms with Gasteiger partial charge in [0.05, 0.1) is 12.8 Å². The number of aromatic nitrogens is 2. The lowest BCUT2D eigenvalue weighted by Gasteiger charge is -2.15. The van der Waals surface area contributed by atoms with E-state index in [4.69, 9.17) is 11.2 Å². The van der Waals surface area contributed by atoms with Gasteiger partial charge in [0.15, 0.2) is 0 Å². The number of rotatable bonds is 5. The average molecular weight is 373 g/mol. The van der Waals surface area contributed by atoms with Crippen LogP contribution in [-0.4, -0.2) is 22.8 Å². The number of nitrogens with zero attached hydrogens (tertiary/aromatic N) is 2. The van der Waals surface area contributed by atoms with Gasteiger partial charge in [-0.15, -0.1) is 6.42 Å². The molecule has 1 amide bonds. The van der Waals surface area contributed by atoms with Crippen LogP contribution in [0, 0.1) is 12.3 Å². The van der Waals surface area contributed by atoms with Crippen LogP contribution in [0.15, 0.2) is 65.5 Å². The number of carbonyl (C=O) groups is 1. The molecule has 3 aromatic rings. The third kappa shape index (κ3) is 4.10. The van der Waals surface area contributed by atoms with Crippen molar-refractivity contribution in [1.82, 2.24) is 9.78 Å². The maximum Gasteiger partial charge on any atom is 0.267 e. The molecule has 0 saturated heterocycles. The molecule has 1 N–H and O–H groups in total. The van der Waals surface area contributed by atoms with Crippen molar-refractivity contribution in [2.24, 2.45) is 0 Å². The largest absolute Gasteiger partial charge is 0.497 e. The molecule has 1 aromatic heterocycles. The van der Waals surface area contributed by atoms with Gasteiger partial charge < -0.3 is 10.1 Å². The van der Waals surface area contributed by atoms with Crippen LogP contribution in [0.5, 0.6) is 5.75 Å². The van der Waals surface area contributed by atoms with Crippen LogP contribution >= 0.6 is 0 Å². The minimum atomic E-state index is -0.812. The summed E-state index contributed by atoms with van der Waals surface area (Å²) >= 11 is 0. The Labute approximate surface area is 162 Å². The van der Waals surface area contributed by atoms with Gasteiger partial charge >= 0.3 is 0 Å². The van der Waals surface area contributed by atoms with E-state index in [1.54, 1.807) is 44.4 Å². The fraction of sp³-hybridized carbons (Fsp3) is 0.136. The minimum absolute atomic E-state index is 0.369. The quantitative estimate of drug-likeness (QED) is 0.698.